The fraction of sp³-hybridized carbons (Fsp3) is 0.0435. The molecule has 32 heavy (non-hydrogen) atoms. The number of fused-ring (bicyclic) bond motifs is 1. The summed E-state index contributed by atoms with van der Waals surface area (Å²) >= 11 is 7.08. The summed E-state index contributed by atoms with van der Waals surface area (Å²) in [5, 5.41) is 17.5. The molecule has 0 spiro atoms. The van der Waals surface area contributed by atoms with Crippen LogP contribution >= 0.6 is 31.9 Å². The highest BCUT2D eigenvalue weighted by molar-refractivity contribution is 9.11. The monoisotopic (exact) mass is 554 g/mol. The number of anilines is 1. The van der Waals surface area contributed by atoms with Crippen molar-refractivity contribution in [3.8, 4) is 5.75 Å². The lowest BCUT2D eigenvalue weighted by Crippen LogP contribution is -2.00. The number of nitrogens with zero attached hydrogens (tertiary/aromatic N) is 3. The number of nitro groups is 1. The van der Waals surface area contributed by atoms with Crippen LogP contribution in [0.5, 0.6) is 5.75 Å². The molecular formula is C23H16Br2N4O3. The molecule has 0 aliphatic rings. The van der Waals surface area contributed by atoms with Gasteiger partial charge in [-0.3, -0.25) is 15.5 Å². The van der Waals surface area contributed by atoms with E-state index in [1.807, 2.05) is 30.3 Å². The van der Waals surface area contributed by atoms with Crippen molar-refractivity contribution in [1.29, 1.82) is 0 Å². The molecule has 160 valence electrons. The van der Waals surface area contributed by atoms with Crippen molar-refractivity contribution in [3.05, 3.63) is 103 Å². The maximum atomic E-state index is 11.1. The molecule has 1 aromatic heterocycles. The van der Waals surface area contributed by atoms with Crippen LogP contribution in [0, 0.1) is 10.1 Å². The van der Waals surface area contributed by atoms with Crippen LogP contribution in [-0.2, 0) is 6.61 Å². The number of nitrogens with one attached hydrogen (secondary N) is 1. The van der Waals surface area contributed by atoms with Crippen molar-refractivity contribution in [2.75, 3.05) is 5.43 Å². The summed E-state index contributed by atoms with van der Waals surface area (Å²) in [6.07, 6.45) is 3.00. The van der Waals surface area contributed by atoms with Crippen LogP contribution in [0.15, 0.2) is 87.0 Å². The van der Waals surface area contributed by atoms with Gasteiger partial charge in [0.1, 0.15) is 12.4 Å². The molecule has 0 fully saturated rings. The predicted molar refractivity (Wildman–Crippen MR) is 132 cm³/mol. The second-order valence-corrected chi connectivity index (χ2v) is 8.49. The highest BCUT2D eigenvalue weighted by atomic mass is 79.9. The number of pyridine rings is 1. The molecule has 0 radical (unpaired) electrons. The SMILES string of the molecule is O=[N+]([O-])c1cccnc1N/N=C\c1cc(Br)c(OCc2ccc3ccccc3c2)c(Br)c1. The molecule has 3 aromatic carbocycles. The number of halogens is 2. The molecule has 7 nitrogen and oxygen atoms in total. The lowest BCUT2D eigenvalue weighted by atomic mass is 10.1. The smallest absolute Gasteiger partial charge is 0.313 e. The highest BCUT2D eigenvalue weighted by Gasteiger charge is 2.13. The van der Waals surface area contributed by atoms with E-state index in [1.165, 1.54) is 29.1 Å². The van der Waals surface area contributed by atoms with E-state index in [2.05, 4.69) is 71.6 Å². The molecule has 4 aromatic rings. The van der Waals surface area contributed by atoms with E-state index in [1.54, 1.807) is 6.21 Å². The summed E-state index contributed by atoms with van der Waals surface area (Å²) in [4.78, 5) is 14.5. The molecule has 1 N–H and O–H groups in total. The van der Waals surface area contributed by atoms with Crippen molar-refractivity contribution in [3.63, 3.8) is 0 Å². The van der Waals surface area contributed by atoms with E-state index in [9.17, 15) is 10.1 Å². The molecule has 9 heteroatoms. The average molecular weight is 556 g/mol. The third-order valence-electron chi connectivity index (χ3n) is 4.58. The maximum Gasteiger partial charge on any atom is 0.313 e. The van der Waals surface area contributed by atoms with E-state index in [0.29, 0.717) is 12.4 Å². The third kappa shape index (κ3) is 5.12. The van der Waals surface area contributed by atoms with Crippen LogP contribution in [0.1, 0.15) is 11.1 Å². The number of hydrazone groups is 1. The standard InChI is InChI=1S/C23H16Br2N4O3/c24-19-11-16(13-27-28-23-21(29(30)31)6-3-9-26-23)12-20(25)22(19)32-14-15-7-8-17-4-1-2-5-18(17)10-15/h1-13H,14H2,(H,26,28)/b27-13-. The second-order valence-electron chi connectivity index (χ2n) is 6.78. The molecule has 0 aliphatic carbocycles. The van der Waals surface area contributed by atoms with Crippen LogP contribution in [0.25, 0.3) is 10.8 Å². The Labute approximate surface area is 200 Å². The topological polar surface area (TPSA) is 89.7 Å². The summed E-state index contributed by atoms with van der Waals surface area (Å²) < 4.78 is 7.53. The van der Waals surface area contributed by atoms with Crippen LogP contribution in [0.4, 0.5) is 11.5 Å². The van der Waals surface area contributed by atoms with Gasteiger partial charge in [-0.05, 0) is 78.0 Å². The fourth-order valence-corrected chi connectivity index (χ4v) is 4.53. The van der Waals surface area contributed by atoms with Gasteiger partial charge in [0.2, 0.25) is 5.82 Å². The molecule has 0 bridgehead atoms. The second kappa shape index (κ2) is 9.88. The Morgan fingerprint density at radius 1 is 1.03 bits per heavy atom. The minimum Gasteiger partial charge on any atom is -0.487 e. The van der Waals surface area contributed by atoms with Gasteiger partial charge >= 0.3 is 5.69 Å². The molecule has 0 saturated carbocycles. The number of aromatic nitrogens is 1. The van der Waals surface area contributed by atoms with E-state index < -0.39 is 4.92 Å². The number of hydrogen-bond acceptors (Lipinski definition) is 6. The van der Waals surface area contributed by atoms with Crippen LogP contribution in [0.3, 0.4) is 0 Å². The van der Waals surface area contributed by atoms with Gasteiger partial charge < -0.3 is 4.74 Å². The minimum atomic E-state index is -0.514. The molecule has 0 unspecified atom stereocenters. The summed E-state index contributed by atoms with van der Waals surface area (Å²) in [5.41, 5.74) is 4.29. The van der Waals surface area contributed by atoms with Crippen molar-refractivity contribution >= 4 is 60.4 Å². The van der Waals surface area contributed by atoms with Crippen LogP contribution in [0.2, 0.25) is 0 Å². The fourth-order valence-electron chi connectivity index (χ4n) is 3.07. The van der Waals surface area contributed by atoms with Crippen molar-refractivity contribution in [2.24, 2.45) is 5.10 Å². The predicted octanol–water partition coefficient (Wildman–Crippen LogP) is 6.69. The first-order valence-electron chi connectivity index (χ1n) is 9.49. The molecule has 4 rings (SSSR count). The lowest BCUT2D eigenvalue weighted by Gasteiger charge is -2.12. The average Bonchev–Trinajstić information content (AvgIpc) is 2.78. The highest BCUT2D eigenvalue weighted by Crippen LogP contribution is 2.35. The molecular weight excluding hydrogens is 540 g/mol. The van der Waals surface area contributed by atoms with E-state index in [-0.39, 0.29) is 11.5 Å². The van der Waals surface area contributed by atoms with Gasteiger partial charge in [0.25, 0.3) is 0 Å². The zero-order chi connectivity index (χ0) is 22.5. The van der Waals surface area contributed by atoms with Gasteiger partial charge in [0.15, 0.2) is 0 Å². The Bertz CT molecular complexity index is 1300. The van der Waals surface area contributed by atoms with Gasteiger partial charge in [-0.1, -0.05) is 36.4 Å². The summed E-state index contributed by atoms with van der Waals surface area (Å²) in [7, 11) is 0. The number of rotatable bonds is 7. The first-order chi connectivity index (χ1) is 15.5. The normalized spacial score (nSPS) is 11.1. The van der Waals surface area contributed by atoms with Crippen LogP contribution in [-0.4, -0.2) is 16.1 Å². The van der Waals surface area contributed by atoms with E-state index in [0.717, 1.165) is 20.1 Å². The van der Waals surface area contributed by atoms with Gasteiger partial charge in [0, 0.05) is 12.3 Å². The summed E-state index contributed by atoms with van der Waals surface area (Å²) in [6.45, 7) is 0.417. The molecule has 0 atom stereocenters. The largest absolute Gasteiger partial charge is 0.487 e. The first-order valence-corrected chi connectivity index (χ1v) is 11.1. The number of benzene rings is 3. The third-order valence-corrected chi connectivity index (χ3v) is 5.76. The van der Waals surface area contributed by atoms with Crippen LogP contribution < -0.4 is 10.2 Å². The Kier molecular flexibility index (Phi) is 6.77. The van der Waals surface area contributed by atoms with Crippen molar-refractivity contribution in [2.45, 2.75) is 6.61 Å². The number of ether oxygens (including phenoxy) is 1. The summed E-state index contributed by atoms with van der Waals surface area (Å²) in [6, 6.07) is 21.0. The van der Waals surface area contributed by atoms with Gasteiger partial charge in [-0.2, -0.15) is 5.10 Å². The summed E-state index contributed by atoms with van der Waals surface area (Å²) in [5.74, 6) is 0.742. The molecule has 0 saturated heterocycles. The molecule has 0 aliphatic heterocycles. The Morgan fingerprint density at radius 2 is 1.78 bits per heavy atom. The quantitative estimate of drug-likeness (QED) is 0.156. The van der Waals surface area contributed by atoms with E-state index >= 15 is 0 Å². The molecule has 1 heterocycles. The zero-order valence-corrected chi connectivity index (χ0v) is 19.7. The van der Waals surface area contributed by atoms with Crippen molar-refractivity contribution < 1.29 is 9.66 Å². The van der Waals surface area contributed by atoms with E-state index in [4.69, 9.17) is 4.74 Å². The van der Waals surface area contributed by atoms with Gasteiger partial charge in [-0.25, -0.2) is 4.98 Å². The lowest BCUT2D eigenvalue weighted by molar-refractivity contribution is -0.384. The number of hydrogen-bond donors (Lipinski definition) is 1. The maximum absolute atomic E-state index is 11.1. The minimum absolute atomic E-state index is 0.0715. The Hall–Kier alpha value is -3.30. The van der Waals surface area contributed by atoms with Gasteiger partial charge in [-0.15, -0.1) is 0 Å². The Balaban J connectivity index is 1.46. The Morgan fingerprint density at radius 3 is 2.53 bits per heavy atom. The molecule has 0 amide bonds. The van der Waals surface area contributed by atoms with Gasteiger partial charge in [0.05, 0.1) is 20.1 Å². The first kappa shape index (κ1) is 21.9. The van der Waals surface area contributed by atoms with Crippen molar-refractivity contribution in [1.82, 2.24) is 4.98 Å². The zero-order valence-electron chi connectivity index (χ0n) is 16.5.